The summed E-state index contributed by atoms with van der Waals surface area (Å²) >= 11 is 5.17. The Morgan fingerprint density at radius 2 is 2.15 bits per heavy atom. The average Bonchev–Trinajstić information content (AvgIpc) is 3.08. The highest BCUT2D eigenvalue weighted by atomic mass is 79.9. The number of nitrogens with zero attached hydrogens (tertiary/aromatic N) is 5. The number of halogens is 1. The van der Waals surface area contributed by atoms with Gasteiger partial charge in [-0.05, 0) is 39.9 Å². The standard InChI is InChI=1S/C17H23BrN6OS/c1-12-4-9-26-14(12)11-21-16(19-2)23-5-7-24(8-6-23)17-20-10-13(18)15(22-17)25-3/h4,9-10H,5-8,11H2,1-3H3,(H,19,21). The normalized spacial score (nSPS) is 15.3. The summed E-state index contributed by atoms with van der Waals surface area (Å²) in [5.74, 6) is 2.19. The number of aromatic nitrogens is 2. The van der Waals surface area contributed by atoms with E-state index in [9.17, 15) is 0 Å². The molecule has 2 aromatic rings. The van der Waals surface area contributed by atoms with E-state index in [1.165, 1.54) is 10.4 Å². The van der Waals surface area contributed by atoms with Crippen LogP contribution in [0, 0.1) is 6.92 Å². The molecular formula is C17H23BrN6OS. The third-order valence-electron chi connectivity index (χ3n) is 4.34. The van der Waals surface area contributed by atoms with Gasteiger partial charge in [0.25, 0.3) is 0 Å². The molecule has 0 unspecified atom stereocenters. The topological polar surface area (TPSA) is 65.9 Å². The quantitative estimate of drug-likeness (QED) is 0.584. The van der Waals surface area contributed by atoms with Crippen molar-refractivity contribution in [3.63, 3.8) is 0 Å². The lowest BCUT2D eigenvalue weighted by Crippen LogP contribution is -2.52. The van der Waals surface area contributed by atoms with E-state index < -0.39 is 0 Å². The molecule has 1 N–H and O–H groups in total. The zero-order valence-corrected chi connectivity index (χ0v) is 17.6. The number of piperazine rings is 1. The van der Waals surface area contributed by atoms with Crippen LogP contribution in [0.1, 0.15) is 10.4 Å². The predicted molar refractivity (Wildman–Crippen MR) is 109 cm³/mol. The third-order valence-corrected chi connectivity index (χ3v) is 5.91. The van der Waals surface area contributed by atoms with Gasteiger partial charge in [0.2, 0.25) is 11.8 Å². The molecule has 0 aromatic carbocycles. The number of rotatable bonds is 4. The van der Waals surface area contributed by atoms with E-state index >= 15 is 0 Å². The van der Waals surface area contributed by atoms with Gasteiger partial charge < -0.3 is 19.9 Å². The van der Waals surface area contributed by atoms with Gasteiger partial charge in [-0.3, -0.25) is 4.99 Å². The predicted octanol–water partition coefficient (Wildman–Crippen LogP) is 2.52. The first-order valence-corrected chi connectivity index (χ1v) is 10.1. The van der Waals surface area contributed by atoms with Crippen molar-refractivity contribution in [1.29, 1.82) is 0 Å². The van der Waals surface area contributed by atoms with Gasteiger partial charge in [-0.2, -0.15) is 4.98 Å². The Morgan fingerprint density at radius 3 is 2.77 bits per heavy atom. The highest BCUT2D eigenvalue weighted by Crippen LogP contribution is 2.24. The number of aryl methyl sites for hydroxylation is 1. The molecule has 0 atom stereocenters. The van der Waals surface area contributed by atoms with Crippen LogP contribution in [0.2, 0.25) is 0 Å². The van der Waals surface area contributed by atoms with Crippen molar-refractivity contribution in [2.75, 3.05) is 45.2 Å². The lowest BCUT2D eigenvalue weighted by molar-refractivity contribution is 0.366. The van der Waals surface area contributed by atoms with Crippen LogP contribution in [0.25, 0.3) is 0 Å². The van der Waals surface area contributed by atoms with Crippen LogP contribution in [0.4, 0.5) is 5.95 Å². The second-order valence-electron chi connectivity index (χ2n) is 5.93. The van der Waals surface area contributed by atoms with E-state index in [-0.39, 0.29) is 0 Å². The van der Waals surface area contributed by atoms with Crippen molar-refractivity contribution < 1.29 is 4.74 Å². The molecule has 0 bridgehead atoms. The number of methoxy groups -OCH3 is 1. The van der Waals surface area contributed by atoms with Gasteiger partial charge in [0.05, 0.1) is 24.3 Å². The van der Waals surface area contributed by atoms with Crippen molar-refractivity contribution in [2.45, 2.75) is 13.5 Å². The molecular weight excluding hydrogens is 416 g/mol. The Balaban J connectivity index is 1.57. The molecule has 140 valence electrons. The van der Waals surface area contributed by atoms with Crippen molar-refractivity contribution >= 4 is 39.2 Å². The molecule has 1 aliphatic heterocycles. The highest BCUT2D eigenvalue weighted by Gasteiger charge is 2.22. The van der Waals surface area contributed by atoms with Crippen molar-refractivity contribution in [3.8, 4) is 5.88 Å². The van der Waals surface area contributed by atoms with Gasteiger partial charge in [0.15, 0.2) is 5.96 Å². The van der Waals surface area contributed by atoms with E-state index in [1.54, 1.807) is 24.6 Å². The minimum Gasteiger partial charge on any atom is -0.480 e. The minimum absolute atomic E-state index is 0.557. The Kier molecular flexibility index (Phi) is 6.31. The lowest BCUT2D eigenvalue weighted by atomic mass is 10.3. The Bertz CT molecular complexity index is 772. The average molecular weight is 439 g/mol. The number of thiophene rings is 1. The van der Waals surface area contributed by atoms with Gasteiger partial charge in [0, 0.05) is 38.1 Å². The Labute approximate surface area is 166 Å². The maximum absolute atomic E-state index is 5.27. The summed E-state index contributed by atoms with van der Waals surface area (Å²) in [5, 5.41) is 5.60. The van der Waals surface area contributed by atoms with E-state index in [2.05, 4.69) is 64.4 Å². The van der Waals surface area contributed by atoms with Crippen LogP contribution in [0.5, 0.6) is 5.88 Å². The Hall–Kier alpha value is -1.87. The summed E-state index contributed by atoms with van der Waals surface area (Å²) in [6.07, 6.45) is 1.73. The van der Waals surface area contributed by atoms with Crippen LogP contribution in [0.3, 0.4) is 0 Å². The summed E-state index contributed by atoms with van der Waals surface area (Å²) in [5.41, 5.74) is 1.32. The van der Waals surface area contributed by atoms with Crippen LogP contribution < -0.4 is 15.0 Å². The third kappa shape index (κ3) is 4.27. The van der Waals surface area contributed by atoms with E-state index in [1.807, 2.05) is 7.05 Å². The monoisotopic (exact) mass is 438 g/mol. The molecule has 0 spiro atoms. The zero-order chi connectivity index (χ0) is 18.5. The SMILES string of the molecule is CN=C(NCc1sccc1C)N1CCN(c2ncc(Br)c(OC)n2)CC1. The molecule has 2 aromatic heterocycles. The maximum atomic E-state index is 5.27. The lowest BCUT2D eigenvalue weighted by Gasteiger charge is -2.36. The van der Waals surface area contributed by atoms with Gasteiger partial charge >= 0.3 is 0 Å². The fourth-order valence-electron chi connectivity index (χ4n) is 2.83. The fourth-order valence-corrected chi connectivity index (χ4v) is 4.03. The van der Waals surface area contributed by atoms with E-state index in [0.29, 0.717) is 11.8 Å². The first-order chi connectivity index (χ1) is 12.6. The molecule has 0 aliphatic carbocycles. The smallest absolute Gasteiger partial charge is 0.232 e. The second-order valence-corrected chi connectivity index (χ2v) is 7.78. The summed E-state index contributed by atoms with van der Waals surface area (Å²) in [4.78, 5) is 19.1. The first-order valence-electron chi connectivity index (χ1n) is 8.42. The van der Waals surface area contributed by atoms with Crippen LogP contribution >= 0.6 is 27.3 Å². The van der Waals surface area contributed by atoms with Crippen molar-refractivity contribution in [1.82, 2.24) is 20.2 Å². The number of guanidine groups is 1. The molecule has 0 amide bonds. The molecule has 0 saturated carbocycles. The minimum atomic E-state index is 0.557. The first kappa shape index (κ1) is 18.9. The molecule has 0 radical (unpaired) electrons. The largest absolute Gasteiger partial charge is 0.480 e. The molecule has 7 nitrogen and oxygen atoms in total. The fraction of sp³-hybridized carbons (Fsp3) is 0.471. The number of hydrogen-bond donors (Lipinski definition) is 1. The molecule has 9 heteroatoms. The summed E-state index contributed by atoms with van der Waals surface area (Å²) in [6.45, 7) is 6.35. The zero-order valence-electron chi connectivity index (χ0n) is 15.2. The molecule has 3 heterocycles. The number of nitrogens with one attached hydrogen (secondary N) is 1. The van der Waals surface area contributed by atoms with Gasteiger partial charge in [-0.25, -0.2) is 4.98 Å². The molecule has 1 aliphatic rings. The Morgan fingerprint density at radius 1 is 1.38 bits per heavy atom. The number of hydrogen-bond acceptors (Lipinski definition) is 6. The number of anilines is 1. The molecule has 1 fully saturated rings. The van der Waals surface area contributed by atoms with Gasteiger partial charge in [-0.1, -0.05) is 0 Å². The molecule has 1 saturated heterocycles. The number of aliphatic imine (C=N–C) groups is 1. The molecule has 3 rings (SSSR count). The van der Waals surface area contributed by atoms with Crippen molar-refractivity contribution in [3.05, 3.63) is 32.6 Å². The van der Waals surface area contributed by atoms with E-state index in [0.717, 1.165) is 43.2 Å². The summed E-state index contributed by atoms with van der Waals surface area (Å²) in [7, 11) is 3.44. The van der Waals surface area contributed by atoms with Crippen LogP contribution in [-0.4, -0.2) is 61.2 Å². The molecule has 26 heavy (non-hydrogen) atoms. The van der Waals surface area contributed by atoms with Crippen LogP contribution in [-0.2, 0) is 6.54 Å². The van der Waals surface area contributed by atoms with Gasteiger partial charge in [-0.15, -0.1) is 11.3 Å². The second kappa shape index (κ2) is 8.68. The van der Waals surface area contributed by atoms with Crippen molar-refractivity contribution in [2.24, 2.45) is 4.99 Å². The summed E-state index contributed by atoms with van der Waals surface area (Å²) in [6, 6.07) is 2.15. The highest BCUT2D eigenvalue weighted by molar-refractivity contribution is 9.10. The van der Waals surface area contributed by atoms with Crippen LogP contribution in [0.15, 0.2) is 27.1 Å². The summed E-state index contributed by atoms with van der Waals surface area (Å²) < 4.78 is 6.03. The number of ether oxygens (including phenoxy) is 1. The van der Waals surface area contributed by atoms with Gasteiger partial charge in [0.1, 0.15) is 0 Å². The maximum Gasteiger partial charge on any atom is 0.232 e. The van der Waals surface area contributed by atoms with E-state index in [4.69, 9.17) is 4.74 Å².